The maximum atomic E-state index is 14.6. The summed E-state index contributed by atoms with van der Waals surface area (Å²) in [5.74, 6) is -0.0145. The Hall–Kier alpha value is -3.66. The largest absolute Gasteiger partial charge is 0.494 e. The first-order valence-electron chi connectivity index (χ1n) is 12.5. The molecule has 0 radical (unpaired) electrons. The summed E-state index contributed by atoms with van der Waals surface area (Å²) in [6.07, 6.45) is 3.38. The third-order valence-electron chi connectivity index (χ3n) is 7.16. The fourth-order valence-electron chi connectivity index (χ4n) is 4.85. The maximum absolute atomic E-state index is 14.6. The SMILES string of the molecule is COc1cc(-c2ccnc3c(C(=O)NC4CCN(C(C)=O)CC4O)c(C)[nH]c23)c(OCC2CC2)cc1F. The molecule has 1 aliphatic carbocycles. The minimum absolute atomic E-state index is 0.0888. The lowest BCUT2D eigenvalue weighted by Gasteiger charge is -2.35. The van der Waals surface area contributed by atoms with Crippen LogP contribution in [-0.2, 0) is 4.79 Å². The van der Waals surface area contributed by atoms with Crippen molar-refractivity contribution < 1.29 is 28.6 Å². The highest BCUT2D eigenvalue weighted by Gasteiger charge is 2.32. The Labute approximate surface area is 214 Å². The molecule has 196 valence electrons. The van der Waals surface area contributed by atoms with Crippen LogP contribution in [0.25, 0.3) is 22.2 Å². The zero-order chi connectivity index (χ0) is 26.3. The number of carbonyl (C=O) groups excluding carboxylic acids is 2. The highest BCUT2D eigenvalue weighted by Crippen LogP contribution is 2.40. The number of pyridine rings is 1. The highest BCUT2D eigenvalue weighted by molar-refractivity contribution is 6.10. The molecule has 0 bridgehead atoms. The fraction of sp³-hybridized carbons (Fsp3) is 0.444. The van der Waals surface area contributed by atoms with Crippen molar-refractivity contribution in [3.05, 3.63) is 41.5 Å². The van der Waals surface area contributed by atoms with Crippen LogP contribution >= 0.6 is 0 Å². The number of aliphatic hydroxyl groups excluding tert-OH is 1. The van der Waals surface area contributed by atoms with Crippen LogP contribution in [0.1, 0.15) is 42.2 Å². The van der Waals surface area contributed by atoms with Gasteiger partial charge in [-0.25, -0.2) is 4.39 Å². The summed E-state index contributed by atoms with van der Waals surface area (Å²) < 4.78 is 25.8. The number of piperidine rings is 1. The second kappa shape index (κ2) is 10.0. The third-order valence-corrected chi connectivity index (χ3v) is 7.16. The number of aromatic amines is 1. The zero-order valence-corrected chi connectivity index (χ0v) is 21.1. The predicted octanol–water partition coefficient (Wildman–Crippen LogP) is 3.19. The van der Waals surface area contributed by atoms with Crippen LogP contribution in [0.5, 0.6) is 11.5 Å². The van der Waals surface area contributed by atoms with Crippen molar-refractivity contribution in [1.82, 2.24) is 20.2 Å². The third kappa shape index (κ3) is 4.98. The number of halogens is 1. The Morgan fingerprint density at radius 1 is 1.24 bits per heavy atom. The zero-order valence-electron chi connectivity index (χ0n) is 21.1. The Kier molecular flexibility index (Phi) is 6.76. The second-order valence-corrected chi connectivity index (χ2v) is 9.85. The number of aromatic nitrogens is 2. The number of nitrogens with zero attached hydrogens (tertiary/aromatic N) is 2. The smallest absolute Gasteiger partial charge is 0.255 e. The van der Waals surface area contributed by atoms with E-state index in [1.807, 2.05) is 0 Å². The first-order chi connectivity index (χ1) is 17.8. The van der Waals surface area contributed by atoms with Crippen molar-refractivity contribution in [3.8, 4) is 22.6 Å². The van der Waals surface area contributed by atoms with Crippen molar-refractivity contribution in [3.63, 3.8) is 0 Å². The number of aryl methyl sites for hydroxylation is 1. The molecule has 1 saturated heterocycles. The molecule has 2 aliphatic rings. The van der Waals surface area contributed by atoms with Gasteiger partial charge in [-0.3, -0.25) is 14.6 Å². The summed E-state index contributed by atoms with van der Waals surface area (Å²) in [5, 5.41) is 13.4. The predicted molar refractivity (Wildman–Crippen MR) is 135 cm³/mol. The molecule has 3 aromatic rings. The van der Waals surface area contributed by atoms with E-state index in [-0.39, 0.29) is 24.1 Å². The van der Waals surface area contributed by atoms with Gasteiger partial charge >= 0.3 is 0 Å². The molecule has 1 aliphatic heterocycles. The van der Waals surface area contributed by atoms with Gasteiger partial charge in [0.25, 0.3) is 5.91 Å². The fourth-order valence-corrected chi connectivity index (χ4v) is 4.85. The average molecular weight is 511 g/mol. The molecule has 1 aromatic carbocycles. The van der Waals surface area contributed by atoms with Gasteiger partial charge in [-0.2, -0.15) is 0 Å². The molecular formula is C27H31FN4O5. The van der Waals surface area contributed by atoms with Gasteiger partial charge in [0.05, 0.1) is 36.9 Å². The second-order valence-electron chi connectivity index (χ2n) is 9.85. The number of likely N-dealkylation sites (tertiary alicyclic amines) is 1. The van der Waals surface area contributed by atoms with Crippen LogP contribution in [0, 0.1) is 18.7 Å². The van der Waals surface area contributed by atoms with Crippen LogP contribution in [0.2, 0.25) is 0 Å². The number of β-amino-alcohol motifs (C(OH)–C–C–N with tert-alkyl or cyclic N) is 1. The van der Waals surface area contributed by atoms with Gasteiger partial charge in [0.15, 0.2) is 11.6 Å². The molecule has 0 spiro atoms. The van der Waals surface area contributed by atoms with Crippen molar-refractivity contribution in [1.29, 1.82) is 0 Å². The lowest BCUT2D eigenvalue weighted by atomic mass is 10.0. The normalized spacial score (nSPS) is 19.6. The maximum Gasteiger partial charge on any atom is 0.255 e. The van der Waals surface area contributed by atoms with E-state index < -0.39 is 18.0 Å². The molecule has 2 fully saturated rings. The van der Waals surface area contributed by atoms with E-state index >= 15 is 0 Å². The molecule has 3 N–H and O–H groups in total. The number of hydrogen-bond acceptors (Lipinski definition) is 6. The molecule has 2 amide bonds. The molecule has 10 heteroatoms. The van der Waals surface area contributed by atoms with Crippen LogP contribution < -0.4 is 14.8 Å². The number of ether oxygens (including phenoxy) is 2. The summed E-state index contributed by atoms with van der Waals surface area (Å²) >= 11 is 0. The number of H-pyrrole nitrogens is 1. The van der Waals surface area contributed by atoms with Crippen molar-refractivity contribution in [2.24, 2.45) is 5.92 Å². The van der Waals surface area contributed by atoms with E-state index in [0.29, 0.717) is 64.7 Å². The molecule has 2 unspecified atom stereocenters. The quantitative estimate of drug-likeness (QED) is 0.450. The van der Waals surface area contributed by atoms with Crippen molar-refractivity contribution in [2.75, 3.05) is 26.8 Å². The Morgan fingerprint density at radius 3 is 2.70 bits per heavy atom. The van der Waals surface area contributed by atoms with Crippen LogP contribution in [0.15, 0.2) is 24.4 Å². The summed E-state index contributed by atoms with van der Waals surface area (Å²) in [5.41, 5.74) is 3.38. The minimum atomic E-state index is -0.867. The number of carbonyl (C=O) groups is 2. The van der Waals surface area contributed by atoms with Gasteiger partial charge in [-0.05, 0) is 44.2 Å². The van der Waals surface area contributed by atoms with Gasteiger partial charge in [-0.15, -0.1) is 0 Å². The first kappa shape index (κ1) is 25.0. The molecular weight excluding hydrogens is 479 g/mol. The minimum Gasteiger partial charge on any atom is -0.494 e. The van der Waals surface area contributed by atoms with Gasteiger partial charge in [-0.1, -0.05) is 0 Å². The molecule has 1 saturated carbocycles. The van der Waals surface area contributed by atoms with Crippen molar-refractivity contribution >= 4 is 22.8 Å². The van der Waals surface area contributed by atoms with Gasteiger partial charge < -0.3 is 29.8 Å². The standard InChI is InChI=1S/C27H31FN4O5/c1-14-24(27(35)31-20-7-9-32(15(2)33)12-21(20)34)26-25(30-14)17(6-8-29-26)18-10-23(36-3)19(28)11-22(18)37-13-16-4-5-16/h6,8,10-11,16,20-21,30,34H,4-5,7,9,12-13H2,1-3H3,(H,31,35). The molecule has 37 heavy (non-hydrogen) atoms. The van der Waals surface area contributed by atoms with E-state index in [9.17, 15) is 19.1 Å². The first-order valence-corrected chi connectivity index (χ1v) is 12.5. The van der Waals surface area contributed by atoms with Crippen molar-refractivity contribution in [2.45, 2.75) is 45.3 Å². The summed E-state index contributed by atoms with van der Waals surface area (Å²) in [6.45, 7) is 4.39. The number of hydrogen-bond donors (Lipinski definition) is 3. The molecule has 2 atom stereocenters. The lowest BCUT2D eigenvalue weighted by Crippen LogP contribution is -2.55. The molecule has 5 rings (SSSR count). The summed E-state index contributed by atoms with van der Waals surface area (Å²) in [4.78, 5) is 34.3. The van der Waals surface area contributed by atoms with E-state index in [1.54, 1.807) is 30.2 Å². The number of fused-ring (bicyclic) bond motifs is 1. The Morgan fingerprint density at radius 2 is 2.03 bits per heavy atom. The monoisotopic (exact) mass is 510 g/mol. The summed E-state index contributed by atoms with van der Waals surface area (Å²) in [6, 6.07) is 4.24. The van der Waals surface area contributed by atoms with E-state index in [1.165, 1.54) is 20.1 Å². The number of benzene rings is 1. The van der Waals surface area contributed by atoms with Crippen LogP contribution in [-0.4, -0.2) is 70.7 Å². The van der Waals surface area contributed by atoms with E-state index in [0.717, 1.165) is 12.8 Å². The lowest BCUT2D eigenvalue weighted by molar-refractivity contribution is -0.132. The van der Waals surface area contributed by atoms with Crippen LogP contribution in [0.4, 0.5) is 4.39 Å². The van der Waals surface area contributed by atoms with E-state index in [2.05, 4.69) is 15.3 Å². The van der Waals surface area contributed by atoms with Gasteiger partial charge in [0.1, 0.15) is 11.3 Å². The topological polar surface area (TPSA) is 117 Å². The number of amides is 2. The molecule has 9 nitrogen and oxygen atoms in total. The number of nitrogens with one attached hydrogen (secondary N) is 2. The number of aliphatic hydroxyl groups is 1. The van der Waals surface area contributed by atoms with Crippen LogP contribution in [0.3, 0.4) is 0 Å². The van der Waals surface area contributed by atoms with Gasteiger partial charge in [0, 0.05) is 49.1 Å². The highest BCUT2D eigenvalue weighted by atomic mass is 19.1. The van der Waals surface area contributed by atoms with Gasteiger partial charge in [0.2, 0.25) is 5.91 Å². The molecule has 3 heterocycles. The summed E-state index contributed by atoms with van der Waals surface area (Å²) in [7, 11) is 1.41. The van der Waals surface area contributed by atoms with E-state index in [4.69, 9.17) is 9.47 Å². The number of rotatable bonds is 7. The average Bonchev–Trinajstić information content (AvgIpc) is 3.63. The molecule has 2 aromatic heterocycles. The Balaban J connectivity index is 1.48. The Bertz CT molecular complexity index is 1350. The number of methoxy groups -OCH3 is 1.